The summed E-state index contributed by atoms with van der Waals surface area (Å²) in [6.07, 6.45) is 4.46. The lowest BCUT2D eigenvalue weighted by Gasteiger charge is -2.34. The number of hydrogen-bond donors (Lipinski definition) is 0. The second-order valence-corrected chi connectivity index (χ2v) is 7.02. The highest BCUT2D eigenvalue weighted by Gasteiger charge is 2.21. The van der Waals surface area contributed by atoms with E-state index in [2.05, 4.69) is 27.4 Å². The van der Waals surface area contributed by atoms with Gasteiger partial charge in [-0.25, -0.2) is 4.98 Å². The molecule has 2 aromatic heterocycles. The van der Waals surface area contributed by atoms with Crippen LogP contribution in [0.5, 0.6) is 0 Å². The highest BCUT2D eigenvalue weighted by Crippen LogP contribution is 2.19. The van der Waals surface area contributed by atoms with Gasteiger partial charge in [-0.1, -0.05) is 6.07 Å². The fraction of sp³-hybridized carbons (Fsp3) is 0.467. The summed E-state index contributed by atoms with van der Waals surface area (Å²) in [6, 6.07) is 4.21. The van der Waals surface area contributed by atoms with E-state index < -0.39 is 0 Å². The molecule has 0 unspecified atom stereocenters. The molecule has 0 aromatic carbocycles. The zero-order valence-corrected chi connectivity index (χ0v) is 13.5. The zero-order valence-electron chi connectivity index (χ0n) is 11.9. The Bertz CT molecular complexity index is 546. The predicted octanol–water partition coefficient (Wildman–Crippen LogP) is 2.88. The van der Waals surface area contributed by atoms with Crippen LogP contribution in [0.3, 0.4) is 0 Å². The summed E-state index contributed by atoms with van der Waals surface area (Å²) in [5.74, 6) is 0.297. The standard InChI is InChI=1S/C15H19N3OS2/c19-14(5-1-3-13-4-2-11-20-13)17-7-9-18(10-8-17)15-16-6-12-21-15/h2,4,6,11-12H,1,3,5,7-10H2. The highest BCUT2D eigenvalue weighted by atomic mass is 32.1. The number of rotatable bonds is 5. The van der Waals surface area contributed by atoms with Crippen molar-refractivity contribution < 1.29 is 4.79 Å². The van der Waals surface area contributed by atoms with E-state index in [0.717, 1.165) is 44.2 Å². The summed E-state index contributed by atoms with van der Waals surface area (Å²) in [7, 11) is 0. The van der Waals surface area contributed by atoms with Crippen molar-refractivity contribution in [1.82, 2.24) is 9.88 Å². The molecule has 1 aliphatic rings. The van der Waals surface area contributed by atoms with Gasteiger partial charge < -0.3 is 9.80 Å². The monoisotopic (exact) mass is 321 g/mol. The Hall–Kier alpha value is -1.40. The van der Waals surface area contributed by atoms with Crippen LogP contribution in [-0.4, -0.2) is 42.0 Å². The molecule has 3 heterocycles. The Labute approximate surface area is 133 Å². The largest absolute Gasteiger partial charge is 0.345 e. The van der Waals surface area contributed by atoms with Gasteiger partial charge in [-0.2, -0.15) is 0 Å². The molecular formula is C15H19N3OS2. The van der Waals surface area contributed by atoms with Crippen LogP contribution in [0.1, 0.15) is 17.7 Å². The minimum atomic E-state index is 0.297. The number of hydrogen-bond acceptors (Lipinski definition) is 5. The van der Waals surface area contributed by atoms with E-state index in [-0.39, 0.29) is 0 Å². The van der Waals surface area contributed by atoms with Gasteiger partial charge in [0.2, 0.25) is 5.91 Å². The fourth-order valence-electron chi connectivity index (χ4n) is 2.55. The average Bonchev–Trinajstić information content (AvgIpc) is 3.21. The minimum absolute atomic E-state index is 0.297. The lowest BCUT2D eigenvalue weighted by atomic mass is 10.2. The molecule has 0 radical (unpaired) electrons. The maximum atomic E-state index is 12.2. The van der Waals surface area contributed by atoms with E-state index in [9.17, 15) is 4.79 Å². The molecule has 1 saturated heterocycles. The SMILES string of the molecule is O=C(CCCc1cccs1)N1CCN(c2nccs2)CC1. The van der Waals surface area contributed by atoms with E-state index in [1.807, 2.05) is 16.5 Å². The number of aryl methyl sites for hydroxylation is 1. The molecule has 1 fully saturated rings. The van der Waals surface area contributed by atoms with Crippen LogP contribution >= 0.6 is 22.7 Å². The molecule has 0 atom stereocenters. The summed E-state index contributed by atoms with van der Waals surface area (Å²) in [5, 5.41) is 5.16. The maximum Gasteiger partial charge on any atom is 0.222 e. The Balaban J connectivity index is 1.40. The fourth-order valence-corrected chi connectivity index (χ4v) is 3.99. The van der Waals surface area contributed by atoms with Crippen molar-refractivity contribution in [3.8, 4) is 0 Å². The van der Waals surface area contributed by atoms with Crippen LogP contribution in [0.15, 0.2) is 29.1 Å². The molecule has 1 amide bonds. The molecule has 0 spiro atoms. The molecule has 0 N–H and O–H groups in total. The third-order valence-corrected chi connectivity index (χ3v) is 5.48. The molecule has 2 aromatic rings. The van der Waals surface area contributed by atoms with Gasteiger partial charge in [0.05, 0.1) is 0 Å². The maximum absolute atomic E-state index is 12.2. The zero-order chi connectivity index (χ0) is 14.5. The Kier molecular flexibility index (Phi) is 4.87. The van der Waals surface area contributed by atoms with Crippen LogP contribution in [0.2, 0.25) is 0 Å². The molecule has 6 heteroatoms. The second-order valence-electron chi connectivity index (χ2n) is 5.12. The number of amides is 1. The van der Waals surface area contributed by atoms with Gasteiger partial charge >= 0.3 is 0 Å². The molecule has 0 bridgehead atoms. The average molecular weight is 321 g/mol. The Morgan fingerprint density at radius 2 is 2.05 bits per heavy atom. The smallest absolute Gasteiger partial charge is 0.222 e. The summed E-state index contributed by atoms with van der Waals surface area (Å²) in [6.45, 7) is 3.42. The topological polar surface area (TPSA) is 36.4 Å². The Morgan fingerprint density at radius 3 is 2.71 bits per heavy atom. The minimum Gasteiger partial charge on any atom is -0.345 e. The molecule has 1 aliphatic heterocycles. The molecule has 0 saturated carbocycles. The lowest BCUT2D eigenvalue weighted by molar-refractivity contribution is -0.131. The number of thiazole rings is 1. The van der Waals surface area contributed by atoms with Gasteiger partial charge in [0.15, 0.2) is 5.13 Å². The van der Waals surface area contributed by atoms with E-state index in [1.165, 1.54) is 4.88 Å². The molecule has 0 aliphatic carbocycles. The lowest BCUT2D eigenvalue weighted by Crippen LogP contribution is -2.48. The quantitative estimate of drug-likeness (QED) is 0.849. The van der Waals surface area contributed by atoms with Crippen molar-refractivity contribution in [1.29, 1.82) is 0 Å². The second kappa shape index (κ2) is 7.04. The number of carbonyl (C=O) groups excluding carboxylic acids is 1. The van der Waals surface area contributed by atoms with E-state index in [4.69, 9.17) is 0 Å². The summed E-state index contributed by atoms with van der Waals surface area (Å²) in [5.41, 5.74) is 0. The first-order valence-electron chi connectivity index (χ1n) is 7.27. The summed E-state index contributed by atoms with van der Waals surface area (Å²) in [4.78, 5) is 22.2. The number of piperazine rings is 1. The number of aromatic nitrogens is 1. The Morgan fingerprint density at radius 1 is 1.19 bits per heavy atom. The van der Waals surface area contributed by atoms with E-state index >= 15 is 0 Å². The van der Waals surface area contributed by atoms with E-state index in [1.54, 1.807) is 22.7 Å². The highest BCUT2D eigenvalue weighted by molar-refractivity contribution is 7.13. The number of nitrogens with zero attached hydrogens (tertiary/aromatic N) is 3. The molecule has 4 nitrogen and oxygen atoms in total. The number of carbonyl (C=O) groups is 1. The van der Waals surface area contributed by atoms with Gasteiger partial charge in [0.25, 0.3) is 0 Å². The molecular weight excluding hydrogens is 302 g/mol. The van der Waals surface area contributed by atoms with Crippen molar-refractivity contribution in [2.75, 3.05) is 31.1 Å². The van der Waals surface area contributed by atoms with Crippen LogP contribution in [0.4, 0.5) is 5.13 Å². The summed E-state index contributed by atoms with van der Waals surface area (Å²) >= 11 is 3.44. The summed E-state index contributed by atoms with van der Waals surface area (Å²) < 4.78 is 0. The van der Waals surface area contributed by atoms with Gasteiger partial charge in [-0.3, -0.25) is 4.79 Å². The van der Waals surface area contributed by atoms with Gasteiger partial charge in [-0.15, -0.1) is 22.7 Å². The van der Waals surface area contributed by atoms with Gasteiger partial charge in [0, 0.05) is 49.1 Å². The first-order chi connectivity index (χ1) is 10.3. The number of thiophene rings is 1. The molecule has 21 heavy (non-hydrogen) atoms. The van der Waals surface area contributed by atoms with Crippen LogP contribution in [0.25, 0.3) is 0 Å². The third kappa shape index (κ3) is 3.83. The molecule has 112 valence electrons. The van der Waals surface area contributed by atoms with Crippen LogP contribution in [-0.2, 0) is 11.2 Å². The van der Waals surface area contributed by atoms with Gasteiger partial charge in [-0.05, 0) is 24.3 Å². The van der Waals surface area contributed by atoms with Crippen molar-refractivity contribution in [2.45, 2.75) is 19.3 Å². The first kappa shape index (κ1) is 14.5. The third-order valence-electron chi connectivity index (χ3n) is 3.72. The van der Waals surface area contributed by atoms with Crippen molar-refractivity contribution >= 4 is 33.7 Å². The first-order valence-corrected chi connectivity index (χ1v) is 9.03. The van der Waals surface area contributed by atoms with Crippen molar-refractivity contribution in [3.63, 3.8) is 0 Å². The van der Waals surface area contributed by atoms with Crippen LogP contribution < -0.4 is 4.90 Å². The normalized spacial score (nSPS) is 15.4. The molecule has 3 rings (SSSR count). The number of anilines is 1. The predicted molar refractivity (Wildman–Crippen MR) is 88.2 cm³/mol. The van der Waals surface area contributed by atoms with Crippen molar-refractivity contribution in [2.24, 2.45) is 0 Å². The van der Waals surface area contributed by atoms with E-state index in [0.29, 0.717) is 12.3 Å². The van der Waals surface area contributed by atoms with Gasteiger partial charge in [0.1, 0.15) is 0 Å². The van der Waals surface area contributed by atoms with Crippen molar-refractivity contribution in [3.05, 3.63) is 34.0 Å². The van der Waals surface area contributed by atoms with Crippen LogP contribution in [0, 0.1) is 0 Å².